The lowest BCUT2D eigenvalue weighted by Crippen LogP contribution is -2.15. The van der Waals surface area contributed by atoms with Crippen LogP contribution in [-0.4, -0.2) is 16.3 Å². The van der Waals surface area contributed by atoms with Crippen molar-refractivity contribution in [1.29, 1.82) is 0 Å². The van der Waals surface area contributed by atoms with Crippen LogP contribution in [0.25, 0.3) is 0 Å². The van der Waals surface area contributed by atoms with E-state index < -0.39 is 5.97 Å². The van der Waals surface area contributed by atoms with Gasteiger partial charge in [0.1, 0.15) is 5.25 Å². The van der Waals surface area contributed by atoms with Gasteiger partial charge in [-0.3, -0.25) is 4.79 Å². The van der Waals surface area contributed by atoms with E-state index in [1.807, 2.05) is 31.2 Å². The van der Waals surface area contributed by atoms with Crippen molar-refractivity contribution in [2.45, 2.75) is 43.3 Å². The molecule has 0 spiro atoms. The van der Waals surface area contributed by atoms with Crippen molar-refractivity contribution in [3.8, 4) is 0 Å². The van der Waals surface area contributed by atoms with Gasteiger partial charge in [-0.05, 0) is 25.5 Å². The first-order chi connectivity index (χ1) is 7.63. The van der Waals surface area contributed by atoms with Crippen molar-refractivity contribution >= 4 is 17.7 Å². The summed E-state index contributed by atoms with van der Waals surface area (Å²) in [5, 5.41) is 8.78. The van der Waals surface area contributed by atoms with E-state index in [1.54, 1.807) is 0 Å². The number of benzene rings is 1. The van der Waals surface area contributed by atoms with Gasteiger partial charge in [-0.1, -0.05) is 37.5 Å². The molecule has 2 nitrogen and oxygen atoms in total. The van der Waals surface area contributed by atoms with E-state index in [0.717, 1.165) is 24.2 Å². The summed E-state index contributed by atoms with van der Waals surface area (Å²) in [6.07, 6.45) is 2.75. The SMILES string of the molecule is CCCC[C@@H](Sc1ccc(C)cc1)C(=O)O. The third-order valence-corrected chi connectivity index (χ3v) is 3.66. The summed E-state index contributed by atoms with van der Waals surface area (Å²) in [5.74, 6) is -0.709. The Morgan fingerprint density at radius 1 is 1.38 bits per heavy atom. The Balaban J connectivity index is 2.60. The van der Waals surface area contributed by atoms with Crippen LogP contribution in [0.3, 0.4) is 0 Å². The number of carboxylic acid groups (broad SMARTS) is 1. The molecule has 88 valence electrons. The van der Waals surface area contributed by atoms with E-state index in [9.17, 15) is 4.79 Å². The zero-order valence-corrected chi connectivity index (χ0v) is 10.6. The van der Waals surface area contributed by atoms with Gasteiger partial charge in [0.25, 0.3) is 0 Å². The normalized spacial score (nSPS) is 12.4. The minimum Gasteiger partial charge on any atom is -0.480 e. The van der Waals surface area contributed by atoms with Crippen molar-refractivity contribution in [3.63, 3.8) is 0 Å². The van der Waals surface area contributed by atoms with Crippen LogP contribution in [0.2, 0.25) is 0 Å². The van der Waals surface area contributed by atoms with Crippen molar-refractivity contribution in [3.05, 3.63) is 29.8 Å². The quantitative estimate of drug-likeness (QED) is 0.767. The fraction of sp³-hybridized carbons (Fsp3) is 0.462. The molecule has 0 saturated heterocycles. The Kier molecular flexibility index (Phi) is 5.39. The van der Waals surface area contributed by atoms with Gasteiger partial charge in [-0.25, -0.2) is 0 Å². The van der Waals surface area contributed by atoms with Crippen LogP contribution in [0.4, 0.5) is 0 Å². The molecule has 0 saturated carbocycles. The lowest BCUT2D eigenvalue weighted by Gasteiger charge is -2.11. The largest absolute Gasteiger partial charge is 0.480 e. The van der Waals surface area contributed by atoms with Crippen LogP contribution in [-0.2, 0) is 4.79 Å². The molecule has 0 bridgehead atoms. The van der Waals surface area contributed by atoms with Crippen LogP contribution in [0.5, 0.6) is 0 Å². The van der Waals surface area contributed by atoms with Crippen LogP contribution < -0.4 is 0 Å². The Hall–Kier alpha value is -0.960. The maximum absolute atomic E-state index is 11.1. The molecule has 0 aliphatic heterocycles. The van der Waals surface area contributed by atoms with Gasteiger partial charge in [-0.2, -0.15) is 0 Å². The van der Waals surface area contributed by atoms with Gasteiger partial charge < -0.3 is 5.11 Å². The maximum Gasteiger partial charge on any atom is 0.316 e. The molecule has 0 radical (unpaired) electrons. The van der Waals surface area contributed by atoms with Gasteiger partial charge >= 0.3 is 5.97 Å². The van der Waals surface area contributed by atoms with Gasteiger partial charge in [0, 0.05) is 4.90 Å². The second-order valence-corrected chi connectivity index (χ2v) is 5.18. The van der Waals surface area contributed by atoms with Gasteiger partial charge in [0.05, 0.1) is 0 Å². The number of hydrogen-bond acceptors (Lipinski definition) is 2. The number of hydrogen-bond donors (Lipinski definition) is 1. The van der Waals surface area contributed by atoms with Crippen molar-refractivity contribution in [2.75, 3.05) is 0 Å². The molecule has 0 fully saturated rings. The van der Waals surface area contributed by atoms with Crippen LogP contribution in [0.15, 0.2) is 29.2 Å². The van der Waals surface area contributed by atoms with E-state index in [4.69, 9.17) is 5.11 Å². The van der Waals surface area contributed by atoms with Crippen LogP contribution in [0, 0.1) is 6.92 Å². The summed E-state index contributed by atoms with van der Waals surface area (Å²) < 4.78 is 0. The minimum atomic E-state index is -0.709. The highest BCUT2D eigenvalue weighted by molar-refractivity contribution is 8.00. The minimum absolute atomic E-state index is 0.317. The average Bonchev–Trinajstić information content (AvgIpc) is 2.26. The first-order valence-electron chi connectivity index (χ1n) is 5.59. The Bertz CT molecular complexity index is 332. The van der Waals surface area contributed by atoms with Gasteiger partial charge in [0.15, 0.2) is 0 Å². The molecule has 1 aromatic carbocycles. The molecule has 1 atom stereocenters. The van der Waals surface area contributed by atoms with Crippen molar-refractivity contribution in [1.82, 2.24) is 0 Å². The molecular formula is C13H18O2S. The molecule has 0 aliphatic carbocycles. The fourth-order valence-electron chi connectivity index (χ4n) is 1.40. The molecule has 0 aromatic heterocycles. The van der Waals surface area contributed by atoms with E-state index in [2.05, 4.69) is 6.92 Å². The predicted molar refractivity (Wildman–Crippen MR) is 68.0 cm³/mol. The van der Waals surface area contributed by atoms with Crippen LogP contribution >= 0.6 is 11.8 Å². The molecule has 0 aliphatic rings. The lowest BCUT2D eigenvalue weighted by atomic mass is 10.2. The highest BCUT2D eigenvalue weighted by Gasteiger charge is 2.17. The monoisotopic (exact) mass is 238 g/mol. The number of aliphatic carboxylic acids is 1. The number of unbranched alkanes of at least 4 members (excludes halogenated alkanes) is 1. The Morgan fingerprint density at radius 3 is 2.50 bits per heavy atom. The van der Waals surface area contributed by atoms with Crippen molar-refractivity contribution in [2.24, 2.45) is 0 Å². The first-order valence-corrected chi connectivity index (χ1v) is 6.47. The Labute approximate surface area is 101 Å². The number of thioether (sulfide) groups is 1. The lowest BCUT2D eigenvalue weighted by molar-refractivity contribution is -0.136. The number of carbonyl (C=O) groups is 1. The molecule has 0 unspecified atom stereocenters. The summed E-state index contributed by atoms with van der Waals surface area (Å²) in [4.78, 5) is 12.1. The maximum atomic E-state index is 11.1. The summed E-state index contributed by atoms with van der Waals surface area (Å²) >= 11 is 1.45. The summed E-state index contributed by atoms with van der Waals surface area (Å²) in [6.45, 7) is 4.11. The summed E-state index contributed by atoms with van der Waals surface area (Å²) in [6, 6.07) is 8.01. The highest BCUT2D eigenvalue weighted by Crippen LogP contribution is 2.27. The third-order valence-electron chi connectivity index (χ3n) is 2.39. The molecule has 1 aromatic rings. The topological polar surface area (TPSA) is 37.3 Å². The Morgan fingerprint density at radius 2 is 2.00 bits per heavy atom. The predicted octanol–water partition coefficient (Wildman–Crippen LogP) is 3.73. The average molecular weight is 238 g/mol. The van der Waals surface area contributed by atoms with E-state index in [0.29, 0.717) is 0 Å². The molecule has 16 heavy (non-hydrogen) atoms. The summed E-state index contributed by atoms with van der Waals surface area (Å²) in [7, 11) is 0. The zero-order valence-electron chi connectivity index (χ0n) is 9.77. The van der Waals surface area contributed by atoms with E-state index >= 15 is 0 Å². The zero-order chi connectivity index (χ0) is 12.0. The van der Waals surface area contributed by atoms with Crippen LogP contribution in [0.1, 0.15) is 31.7 Å². The van der Waals surface area contributed by atoms with E-state index in [1.165, 1.54) is 17.3 Å². The molecule has 1 N–H and O–H groups in total. The number of aryl methyl sites for hydroxylation is 1. The van der Waals surface area contributed by atoms with E-state index in [-0.39, 0.29) is 5.25 Å². The molecule has 1 rings (SSSR count). The van der Waals surface area contributed by atoms with Gasteiger partial charge in [0.2, 0.25) is 0 Å². The number of carboxylic acids is 1. The molecular weight excluding hydrogens is 220 g/mol. The second kappa shape index (κ2) is 6.59. The molecule has 0 amide bonds. The standard InChI is InChI=1S/C13H18O2S/c1-3-4-5-12(13(14)15)16-11-8-6-10(2)7-9-11/h6-9,12H,3-5H2,1-2H3,(H,14,15)/t12-/m1/s1. The smallest absolute Gasteiger partial charge is 0.316 e. The van der Waals surface area contributed by atoms with Gasteiger partial charge in [-0.15, -0.1) is 11.8 Å². The summed E-state index contributed by atoms with van der Waals surface area (Å²) in [5.41, 5.74) is 1.20. The third kappa shape index (κ3) is 4.27. The second-order valence-electron chi connectivity index (χ2n) is 3.90. The number of rotatable bonds is 6. The molecule has 3 heteroatoms. The first kappa shape index (κ1) is 13.1. The fourth-order valence-corrected chi connectivity index (χ4v) is 2.41. The highest BCUT2D eigenvalue weighted by atomic mass is 32.2. The van der Waals surface area contributed by atoms with Crippen molar-refractivity contribution < 1.29 is 9.90 Å². The molecule has 0 heterocycles.